The Morgan fingerprint density at radius 1 is 1.32 bits per heavy atom. The highest BCUT2D eigenvalue weighted by Gasteiger charge is 2.34. The highest BCUT2D eigenvalue weighted by molar-refractivity contribution is 8.00. The number of nitrogens with zero attached hydrogens (tertiary/aromatic N) is 3. The molecule has 0 aliphatic carbocycles. The standard InChI is InChI=1S/C23H24ClN3O3S/c1-14-12-16-6-4-5-7-20(16)27(14)21(28)15(2)31-23-25-19-13-17(24)8-9-18(19)22(29)26(23)10-11-30-3/h4-9,13-15H,10-12H2,1-3H3/t14-,15+/m0/s1. The topological polar surface area (TPSA) is 64.4 Å². The first kappa shape index (κ1) is 21.9. The molecule has 2 aromatic carbocycles. The molecule has 3 aromatic rings. The lowest BCUT2D eigenvalue weighted by molar-refractivity contribution is -0.118. The van der Waals surface area contributed by atoms with Gasteiger partial charge in [0.1, 0.15) is 0 Å². The summed E-state index contributed by atoms with van der Waals surface area (Å²) in [6, 6.07) is 13.1. The van der Waals surface area contributed by atoms with E-state index in [1.54, 1.807) is 29.9 Å². The number of ether oxygens (including phenoxy) is 1. The molecular formula is C23H24ClN3O3S. The Kier molecular flexibility index (Phi) is 6.36. The van der Waals surface area contributed by atoms with Gasteiger partial charge in [-0.05, 0) is 50.1 Å². The second-order valence-electron chi connectivity index (χ2n) is 7.66. The van der Waals surface area contributed by atoms with Crippen LogP contribution in [0.4, 0.5) is 5.69 Å². The molecule has 2 atom stereocenters. The number of halogens is 1. The van der Waals surface area contributed by atoms with E-state index in [2.05, 4.69) is 18.0 Å². The molecule has 0 bridgehead atoms. The smallest absolute Gasteiger partial charge is 0.262 e. The van der Waals surface area contributed by atoms with Gasteiger partial charge in [-0.25, -0.2) is 4.98 Å². The van der Waals surface area contributed by atoms with Crippen LogP contribution in [0.15, 0.2) is 52.4 Å². The minimum Gasteiger partial charge on any atom is -0.383 e. The number of fused-ring (bicyclic) bond motifs is 2. The first-order valence-corrected chi connectivity index (χ1v) is 11.4. The zero-order valence-electron chi connectivity index (χ0n) is 17.7. The summed E-state index contributed by atoms with van der Waals surface area (Å²) in [5, 5.41) is 1.06. The van der Waals surface area contributed by atoms with Crippen LogP contribution in [0.2, 0.25) is 5.02 Å². The SMILES string of the molecule is COCCn1c(S[C@H](C)C(=O)N2c3ccccc3C[C@@H]2C)nc2cc(Cl)ccc2c1=O. The molecule has 0 saturated carbocycles. The van der Waals surface area contributed by atoms with E-state index in [-0.39, 0.29) is 17.5 Å². The van der Waals surface area contributed by atoms with Crippen molar-refractivity contribution in [2.75, 3.05) is 18.6 Å². The number of amides is 1. The third-order valence-electron chi connectivity index (χ3n) is 5.48. The van der Waals surface area contributed by atoms with Crippen LogP contribution in [-0.4, -0.2) is 40.5 Å². The van der Waals surface area contributed by atoms with Gasteiger partial charge in [0, 0.05) is 23.9 Å². The molecular weight excluding hydrogens is 434 g/mol. The second-order valence-corrected chi connectivity index (χ2v) is 9.40. The maximum atomic E-state index is 13.4. The molecule has 1 aromatic heterocycles. The average molecular weight is 458 g/mol. The minimum atomic E-state index is -0.425. The summed E-state index contributed by atoms with van der Waals surface area (Å²) in [5.41, 5.74) is 2.49. The van der Waals surface area contributed by atoms with E-state index in [9.17, 15) is 9.59 Å². The molecule has 6 nitrogen and oxygen atoms in total. The average Bonchev–Trinajstić information content (AvgIpc) is 3.08. The van der Waals surface area contributed by atoms with Crippen molar-refractivity contribution in [2.45, 2.75) is 43.3 Å². The van der Waals surface area contributed by atoms with Crippen LogP contribution < -0.4 is 10.5 Å². The van der Waals surface area contributed by atoms with Crippen molar-refractivity contribution in [1.82, 2.24) is 9.55 Å². The van der Waals surface area contributed by atoms with Crippen LogP contribution in [0.1, 0.15) is 19.4 Å². The molecule has 8 heteroatoms. The van der Waals surface area contributed by atoms with Gasteiger partial charge in [-0.15, -0.1) is 0 Å². The van der Waals surface area contributed by atoms with Crippen LogP contribution in [-0.2, 0) is 22.5 Å². The number of hydrogen-bond acceptors (Lipinski definition) is 5. The van der Waals surface area contributed by atoms with Gasteiger partial charge in [0.15, 0.2) is 5.16 Å². The van der Waals surface area contributed by atoms with E-state index in [1.807, 2.05) is 30.0 Å². The molecule has 0 radical (unpaired) electrons. The largest absolute Gasteiger partial charge is 0.383 e. The molecule has 2 heterocycles. The lowest BCUT2D eigenvalue weighted by Gasteiger charge is -2.26. The Balaban J connectivity index is 1.68. The number of hydrogen-bond donors (Lipinski definition) is 0. The highest BCUT2D eigenvalue weighted by Crippen LogP contribution is 2.34. The number of thioether (sulfide) groups is 1. The van der Waals surface area contributed by atoms with Gasteiger partial charge in [-0.3, -0.25) is 14.2 Å². The zero-order valence-corrected chi connectivity index (χ0v) is 19.2. The Morgan fingerprint density at radius 2 is 2.10 bits per heavy atom. The van der Waals surface area contributed by atoms with E-state index in [0.717, 1.165) is 12.1 Å². The third-order valence-corrected chi connectivity index (χ3v) is 6.79. The number of methoxy groups -OCH3 is 1. The normalized spacial score (nSPS) is 16.5. The number of rotatable bonds is 6. The number of aromatic nitrogens is 2. The minimum absolute atomic E-state index is 0.00109. The second kappa shape index (κ2) is 9.02. The molecule has 31 heavy (non-hydrogen) atoms. The highest BCUT2D eigenvalue weighted by atomic mass is 35.5. The van der Waals surface area contributed by atoms with Crippen LogP contribution in [0, 0.1) is 0 Å². The number of carbonyl (C=O) groups is 1. The maximum absolute atomic E-state index is 13.4. The van der Waals surface area contributed by atoms with Crippen LogP contribution in [0.3, 0.4) is 0 Å². The summed E-state index contributed by atoms with van der Waals surface area (Å²) in [6.45, 7) is 4.63. The predicted molar refractivity (Wildman–Crippen MR) is 125 cm³/mol. The third kappa shape index (κ3) is 4.22. The quantitative estimate of drug-likeness (QED) is 0.411. The van der Waals surface area contributed by atoms with Gasteiger partial charge in [-0.2, -0.15) is 0 Å². The molecule has 0 N–H and O–H groups in total. The van der Waals surface area contributed by atoms with Crippen molar-refractivity contribution < 1.29 is 9.53 Å². The number of carbonyl (C=O) groups excluding carboxylic acids is 1. The van der Waals surface area contributed by atoms with Gasteiger partial charge < -0.3 is 9.64 Å². The number of para-hydroxylation sites is 1. The predicted octanol–water partition coefficient (Wildman–Crippen LogP) is 4.15. The molecule has 4 rings (SSSR count). The molecule has 1 aliphatic rings. The Hall–Kier alpha value is -2.35. The van der Waals surface area contributed by atoms with Crippen molar-refractivity contribution in [2.24, 2.45) is 0 Å². The monoisotopic (exact) mass is 457 g/mol. The lowest BCUT2D eigenvalue weighted by Crippen LogP contribution is -2.40. The fraction of sp³-hybridized carbons (Fsp3) is 0.348. The Labute approximate surface area is 190 Å². The van der Waals surface area contributed by atoms with Crippen LogP contribution in [0.25, 0.3) is 10.9 Å². The van der Waals surface area contributed by atoms with E-state index < -0.39 is 5.25 Å². The van der Waals surface area contributed by atoms with Crippen LogP contribution >= 0.6 is 23.4 Å². The number of benzene rings is 2. The van der Waals surface area contributed by atoms with Crippen molar-refractivity contribution in [1.29, 1.82) is 0 Å². The summed E-state index contributed by atoms with van der Waals surface area (Å²) in [4.78, 5) is 33.0. The van der Waals surface area contributed by atoms with Crippen molar-refractivity contribution in [3.8, 4) is 0 Å². The van der Waals surface area contributed by atoms with E-state index >= 15 is 0 Å². The Morgan fingerprint density at radius 3 is 2.87 bits per heavy atom. The Bertz CT molecular complexity index is 1200. The van der Waals surface area contributed by atoms with E-state index in [0.29, 0.717) is 34.2 Å². The van der Waals surface area contributed by atoms with E-state index in [1.165, 1.54) is 17.3 Å². The molecule has 0 unspecified atom stereocenters. The first-order chi connectivity index (χ1) is 14.9. The van der Waals surface area contributed by atoms with Gasteiger partial charge in [-0.1, -0.05) is 41.6 Å². The van der Waals surface area contributed by atoms with Gasteiger partial charge >= 0.3 is 0 Å². The zero-order chi connectivity index (χ0) is 22.1. The fourth-order valence-corrected chi connectivity index (χ4v) is 5.10. The summed E-state index contributed by atoms with van der Waals surface area (Å²) in [7, 11) is 1.59. The molecule has 162 valence electrons. The molecule has 0 fully saturated rings. The molecule has 0 saturated heterocycles. The summed E-state index contributed by atoms with van der Waals surface area (Å²) in [5.74, 6) is 0.00109. The molecule has 1 amide bonds. The summed E-state index contributed by atoms with van der Waals surface area (Å²) < 4.78 is 6.76. The summed E-state index contributed by atoms with van der Waals surface area (Å²) in [6.07, 6.45) is 0.838. The van der Waals surface area contributed by atoms with Crippen LogP contribution in [0.5, 0.6) is 0 Å². The fourth-order valence-electron chi connectivity index (χ4n) is 3.95. The summed E-state index contributed by atoms with van der Waals surface area (Å²) >= 11 is 7.41. The number of anilines is 1. The van der Waals surface area contributed by atoms with Gasteiger partial charge in [0.2, 0.25) is 5.91 Å². The molecule has 1 aliphatic heterocycles. The van der Waals surface area contributed by atoms with Crippen molar-refractivity contribution >= 4 is 45.9 Å². The van der Waals surface area contributed by atoms with Gasteiger partial charge in [0.05, 0.1) is 29.3 Å². The lowest BCUT2D eigenvalue weighted by atomic mass is 10.1. The molecule has 0 spiro atoms. The maximum Gasteiger partial charge on any atom is 0.262 e. The van der Waals surface area contributed by atoms with Crippen molar-refractivity contribution in [3.05, 3.63) is 63.4 Å². The van der Waals surface area contributed by atoms with Gasteiger partial charge in [0.25, 0.3) is 5.56 Å². The van der Waals surface area contributed by atoms with E-state index in [4.69, 9.17) is 16.3 Å². The first-order valence-electron chi connectivity index (χ1n) is 10.2. The van der Waals surface area contributed by atoms with Crippen molar-refractivity contribution in [3.63, 3.8) is 0 Å².